The third-order valence-electron chi connectivity index (χ3n) is 5.40. The van der Waals surface area contributed by atoms with E-state index in [0.29, 0.717) is 34.2 Å². The highest BCUT2D eigenvalue weighted by atomic mass is 16.5. The van der Waals surface area contributed by atoms with E-state index in [0.717, 1.165) is 10.5 Å². The van der Waals surface area contributed by atoms with Crippen molar-refractivity contribution in [3.05, 3.63) is 83.6 Å². The van der Waals surface area contributed by atoms with E-state index in [-0.39, 0.29) is 11.3 Å². The van der Waals surface area contributed by atoms with E-state index >= 15 is 0 Å². The number of hydrogen-bond acceptors (Lipinski definition) is 6. The van der Waals surface area contributed by atoms with E-state index in [1.54, 1.807) is 61.7 Å². The van der Waals surface area contributed by atoms with Crippen molar-refractivity contribution in [2.75, 3.05) is 31.5 Å². The van der Waals surface area contributed by atoms with Crippen LogP contribution in [0.1, 0.15) is 11.1 Å². The molecule has 0 saturated carbocycles. The molecular formula is C26H24N2O5. The Morgan fingerprint density at radius 3 is 2.06 bits per heavy atom. The quantitative estimate of drug-likeness (QED) is 0.544. The summed E-state index contributed by atoms with van der Waals surface area (Å²) in [4.78, 5) is 28.6. The second kappa shape index (κ2) is 9.08. The molecule has 33 heavy (non-hydrogen) atoms. The van der Waals surface area contributed by atoms with Crippen molar-refractivity contribution >= 4 is 28.8 Å². The number of rotatable bonds is 7. The number of hydrogen-bond donors (Lipinski definition) is 1. The van der Waals surface area contributed by atoms with Gasteiger partial charge in [-0.15, -0.1) is 0 Å². The molecule has 0 saturated heterocycles. The second-order valence-electron chi connectivity index (χ2n) is 7.40. The van der Waals surface area contributed by atoms with Crippen LogP contribution in [0.25, 0.3) is 5.57 Å². The minimum Gasteiger partial charge on any atom is -0.496 e. The van der Waals surface area contributed by atoms with Crippen molar-refractivity contribution < 1.29 is 23.8 Å². The van der Waals surface area contributed by atoms with Crippen molar-refractivity contribution in [3.8, 4) is 17.2 Å². The molecule has 0 bridgehead atoms. The molecule has 0 unspecified atom stereocenters. The third-order valence-corrected chi connectivity index (χ3v) is 5.40. The van der Waals surface area contributed by atoms with E-state index in [2.05, 4.69) is 5.32 Å². The molecule has 0 atom stereocenters. The fraction of sp³-hybridized carbons (Fsp3) is 0.154. The molecule has 3 aromatic rings. The summed E-state index contributed by atoms with van der Waals surface area (Å²) in [6.07, 6.45) is 0. The Labute approximate surface area is 192 Å². The van der Waals surface area contributed by atoms with Crippen LogP contribution in [0.5, 0.6) is 17.2 Å². The van der Waals surface area contributed by atoms with Gasteiger partial charge in [0.05, 0.1) is 38.3 Å². The van der Waals surface area contributed by atoms with Gasteiger partial charge < -0.3 is 19.5 Å². The van der Waals surface area contributed by atoms with Gasteiger partial charge in [-0.05, 0) is 42.8 Å². The fourth-order valence-corrected chi connectivity index (χ4v) is 3.83. The summed E-state index contributed by atoms with van der Waals surface area (Å²) in [5.41, 5.74) is 2.73. The largest absolute Gasteiger partial charge is 0.496 e. The number of nitrogens with one attached hydrogen (secondary N) is 1. The standard InChI is InChI=1S/C26H24N2O5/c1-16-13-14-21(32-3)18(15-16)27-24-23(17-9-5-7-11-20(17)31-2)25(29)28(26(24)30)19-10-6-8-12-22(19)33-4/h5-15,27H,1-4H3. The summed E-state index contributed by atoms with van der Waals surface area (Å²) >= 11 is 0. The van der Waals surface area contributed by atoms with Gasteiger partial charge in [0.2, 0.25) is 0 Å². The van der Waals surface area contributed by atoms with Gasteiger partial charge in [-0.25, -0.2) is 4.90 Å². The Bertz CT molecular complexity index is 1270. The number of methoxy groups -OCH3 is 3. The highest BCUT2D eigenvalue weighted by Gasteiger charge is 2.42. The molecule has 0 aliphatic carbocycles. The number of aryl methyl sites for hydroxylation is 1. The number of para-hydroxylation sites is 3. The molecule has 1 N–H and O–H groups in total. The van der Waals surface area contributed by atoms with Crippen molar-refractivity contribution in [3.63, 3.8) is 0 Å². The second-order valence-corrected chi connectivity index (χ2v) is 7.40. The van der Waals surface area contributed by atoms with Crippen LogP contribution < -0.4 is 24.4 Å². The molecule has 0 radical (unpaired) electrons. The molecule has 0 spiro atoms. The number of imide groups is 1. The smallest absolute Gasteiger partial charge is 0.282 e. The Balaban J connectivity index is 1.91. The minimum absolute atomic E-state index is 0.124. The zero-order chi connectivity index (χ0) is 23.5. The molecule has 168 valence electrons. The van der Waals surface area contributed by atoms with Crippen LogP contribution in [0, 0.1) is 6.92 Å². The first kappa shape index (κ1) is 22.0. The van der Waals surface area contributed by atoms with E-state index in [9.17, 15) is 9.59 Å². The topological polar surface area (TPSA) is 77.1 Å². The third kappa shape index (κ3) is 3.89. The summed E-state index contributed by atoms with van der Waals surface area (Å²) in [7, 11) is 4.57. The lowest BCUT2D eigenvalue weighted by atomic mass is 10.0. The molecule has 1 heterocycles. The van der Waals surface area contributed by atoms with Gasteiger partial charge in [0, 0.05) is 5.56 Å². The Kier molecular flexibility index (Phi) is 6.04. The van der Waals surface area contributed by atoms with Gasteiger partial charge in [0.25, 0.3) is 11.8 Å². The van der Waals surface area contributed by atoms with Gasteiger partial charge in [-0.2, -0.15) is 0 Å². The lowest BCUT2D eigenvalue weighted by Gasteiger charge is -2.18. The normalized spacial score (nSPS) is 13.4. The highest BCUT2D eigenvalue weighted by molar-refractivity contribution is 6.46. The Hall–Kier alpha value is -4.26. The average molecular weight is 444 g/mol. The first-order chi connectivity index (χ1) is 16.0. The number of benzene rings is 3. The van der Waals surface area contributed by atoms with Gasteiger partial charge in [0.15, 0.2) is 0 Å². The number of ether oxygens (including phenoxy) is 3. The summed E-state index contributed by atoms with van der Waals surface area (Å²) in [6, 6.07) is 19.6. The Morgan fingerprint density at radius 1 is 0.727 bits per heavy atom. The van der Waals surface area contributed by atoms with Crippen LogP contribution in [0.2, 0.25) is 0 Å². The molecule has 2 amide bonds. The summed E-state index contributed by atoms with van der Waals surface area (Å²) < 4.78 is 16.4. The summed E-state index contributed by atoms with van der Waals surface area (Å²) in [5.74, 6) is 0.444. The molecule has 3 aromatic carbocycles. The lowest BCUT2D eigenvalue weighted by Crippen LogP contribution is -2.32. The first-order valence-corrected chi connectivity index (χ1v) is 10.3. The average Bonchev–Trinajstić information content (AvgIpc) is 3.08. The Morgan fingerprint density at radius 2 is 1.36 bits per heavy atom. The molecular weight excluding hydrogens is 420 g/mol. The molecule has 0 fully saturated rings. The van der Waals surface area contributed by atoms with Crippen LogP contribution in [0.15, 0.2) is 72.4 Å². The van der Waals surface area contributed by atoms with Gasteiger partial charge >= 0.3 is 0 Å². The maximum Gasteiger partial charge on any atom is 0.282 e. The number of carbonyl (C=O) groups excluding carboxylic acids is 2. The van der Waals surface area contributed by atoms with Crippen LogP contribution in [-0.4, -0.2) is 33.1 Å². The van der Waals surface area contributed by atoms with E-state index < -0.39 is 11.8 Å². The van der Waals surface area contributed by atoms with Crippen LogP contribution in [0.4, 0.5) is 11.4 Å². The zero-order valence-electron chi connectivity index (χ0n) is 18.8. The van der Waals surface area contributed by atoms with Crippen LogP contribution in [0.3, 0.4) is 0 Å². The SMILES string of the molecule is COc1ccc(C)cc1NC1=C(c2ccccc2OC)C(=O)N(c2ccccc2OC)C1=O. The highest BCUT2D eigenvalue weighted by Crippen LogP contribution is 2.40. The fourth-order valence-electron chi connectivity index (χ4n) is 3.83. The van der Waals surface area contributed by atoms with Gasteiger partial charge in [-0.3, -0.25) is 9.59 Å². The van der Waals surface area contributed by atoms with Crippen molar-refractivity contribution in [2.45, 2.75) is 6.92 Å². The molecule has 7 nitrogen and oxygen atoms in total. The van der Waals surface area contributed by atoms with Crippen LogP contribution >= 0.6 is 0 Å². The molecule has 7 heteroatoms. The molecule has 0 aromatic heterocycles. The van der Waals surface area contributed by atoms with Gasteiger partial charge in [-0.1, -0.05) is 36.4 Å². The number of carbonyl (C=O) groups is 2. The lowest BCUT2D eigenvalue weighted by molar-refractivity contribution is -0.120. The van der Waals surface area contributed by atoms with Crippen molar-refractivity contribution in [1.82, 2.24) is 0 Å². The van der Waals surface area contributed by atoms with Crippen molar-refractivity contribution in [2.24, 2.45) is 0 Å². The van der Waals surface area contributed by atoms with Crippen molar-refractivity contribution in [1.29, 1.82) is 0 Å². The van der Waals surface area contributed by atoms with Crippen LogP contribution in [-0.2, 0) is 9.59 Å². The van der Waals surface area contributed by atoms with E-state index in [1.165, 1.54) is 14.2 Å². The zero-order valence-corrected chi connectivity index (χ0v) is 18.8. The molecule has 1 aliphatic rings. The summed E-state index contributed by atoms with van der Waals surface area (Å²) in [6.45, 7) is 1.93. The van der Waals surface area contributed by atoms with E-state index in [1.807, 2.05) is 19.1 Å². The predicted molar refractivity (Wildman–Crippen MR) is 127 cm³/mol. The summed E-state index contributed by atoms with van der Waals surface area (Å²) in [5, 5.41) is 3.16. The predicted octanol–water partition coefficient (Wildman–Crippen LogP) is 4.42. The minimum atomic E-state index is -0.506. The van der Waals surface area contributed by atoms with Gasteiger partial charge in [0.1, 0.15) is 22.9 Å². The maximum absolute atomic E-state index is 13.7. The van der Waals surface area contributed by atoms with E-state index in [4.69, 9.17) is 14.2 Å². The maximum atomic E-state index is 13.7. The first-order valence-electron chi connectivity index (χ1n) is 10.3. The molecule has 1 aliphatic heterocycles. The number of nitrogens with zero attached hydrogens (tertiary/aromatic N) is 1. The number of anilines is 2. The number of amides is 2. The molecule has 4 rings (SSSR count). The monoisotopic (exact) mass is 444 g/mol.